The van der Waals surface area contributed by atoms with Gasteiger partial charge in [0.1, 0.15) is 4.99 Å². The summed E-state index contributed by atoms with van der Waals surface area (Å²) in [4.78, 5) is 15.5. The van der Waals surface area contributed by atoms with Gasteiger partial charge in [-0.05, 0) is 27.6 Å². The van der Waals surface area contributed by atoms with E-state index in [0.717, 1.165) is 27.1 Å². The minimum atomic E-state index is -0.209. The maximum atomic E-state index is 13.1. The van der Waals surface area contributed by atoms with Crippen molar-refractivity contribution in [2.24, 2.45) is 0 Å². The van der Waals surface area contributed by atoms with Crippen molar-refractivity contribution >= 4 is 34.8 Å². The molecule has 0 aromatic heterocycles. The molecule has 1 heterocycles. The highest BCUT2D eigenvalue weighted by molar-refractivity contribution is 7.80. The number of thiocarbonyl (C=S) groups is 1. The Labute approximate surface area is 156 Å². The van der Waals surface area contributed by atoms with E-state index in [-0.39, 0.29) is 11.9 Å². The molecule has 26 heavy (non-hydrogen) atoms. The van der Waals surface area contributed by atoms with Gasteiger partial charge in [-0.2, -0.15) is 0 Å². The van der Waals surface area contributed by atoms with E-state index in [1.807, 2.05) is 42.5 Å². The highest BCUT2D eigenvalue weighted by atomic mass is 32.1. The second kappa shape index (κ2) is 5.75. The van der Waals surface area contributed by atoms with E-state index in [4.69, 9.17) is 12.2 Å². The number of nitrogens with zero attached hydrogens (tertiary/aromatic N) is 1. The van der Waals surface area contributed by atoms with Gasteiger partial charge in [-0.15, -0.1) is 0 Å². The van der Waals surface area contributed by atoms with Crippen LogP contribution in [0, 0.1) is 0 Å². The van der Waals surface area contributed by atoms with E-state index in [9.17, 15) is 4.79 Å². The number of carbonyl (C=O) groups is 1. The largest absolute Gasteiger partial charge is 0.287 e. The molecular weight excluding hydrogens is 338 g/mol. The lowest BCUT2D eigenvalue weighted by Crippen LogP contribution is -2.43. The molecule has 124 valence electrons. The van der Waals surface area contributed by atoms with Crippen molar-refractivity contribution in [3.63, 3.8) is 0 Å². The van der Waals surface area contributed by atoms with Gasteiger partial charge in [0.25, 0.3) is 5.91 Å². The third-order valence-corrected chi connectivity index (χ3v) is 5.50. The molecule has 0 saturated heterocycles. The SMILES string of the molecule is O=C1c2ccccc2C(=S)N1C1C=CC=C2C=CC=c3ccccc3=C21. The Kier molecular flexibility index (Phi) is 3.37. The van der Waals surface area contributed by atoms with Crippen LogP contribution in [0.4, 0.5) is 0 Å². The van der Waals surface area contributed by atoms with Gasteiger partial charge in [0.05, 0.1) is 11.6 Å². The first-order valence-electron chi connectivity index (χ1n) is 8.59. The van der Waals surface area contributed by atoms with Gasteiger partial charge in [0.15, 0.2) is 0 Å². The fourth-order valence-corrected chi connectivity index (χ4v) is 4.27. The molecule has 3 heteroatoms. The zero-order chi connectivity index (χ0) is 17.7. The van der Waals surface area contributed by atoms with Crippen LogP contribution < -0.4 is 10.4 Å². The molecule has 1 amide bonds. The first-order chi connectivity index (χ1) is 12.8. The Bertz CT molecular complexity index is 1150. The van der Waals surface area contributed by atoms with Crippen LogP contribution >= 0.6 is 12.2 Å². The van der Waals surface area contributed by atoms with Crippen molar-refractivity contribution in [2.75, 3.05) is 0 Å². The number of rotatable bonds is 1. The van der Waals surface area contributed by atoms with Crippen LogP contribution in [0.2, 0.25) is 0 Å². The van der Waals surface area contributed by atoms with Crippen molar-refractivity contribution < 1.29 is 4.79 Å². The van der Waals surface area contributed by atoms with Crippen molar-refractivity contribution in [2.45, 2.75) is 6.04 Å². The van der Waals surface area contributed by atoms with E-state index >= 15 is 0 Å². The molecular formula is C23H15NOS. The van der Waals surface area contributed by atoms with E-state index in [1.54, 1.807) is 4.90 Å². The number of benzene rings is 2. The molecule has 0 saturated carbocycles. The zero-order valence-electron chi connectivity index (χ0n) is 13.9. The summed E-state index contributed by atoms with van der Waals surface area (Å²) in [6, 6.07) is 15.7. The van der Waals surface area contributed by atoms with E-state index in [1.165, 1.54) is 0 Å². The minimum Gasteiger partial charge on any atom is -0.287 e. The molecule has 0 bridgehead atoms. The summed E-state index contributed by atoms with van der Waals surface area (Å²) in [5.74, 6) is -0.0244. The molecule has 3 aliphatic rings. The first kappa shape index (κ1) is 15.2. The fourth-order valence-electron chi connectivity index (χ4n) is 3.90. The predicted octanol–water partition coefficient (Wildman–Crippen LogP) is 2.88. The molecule has 1 unspecified atom stereocenters. The van der Waals surface area contributed by atoms with Crippen LogP contribution in [-0.2, 0) is 0 Å². The Morgan fingerprint density at radius 3 is 2.50 bits per heavy atom. The lowest BCUT2D eigenvalue weighted by molar-refractivity contribution is 0.0855. The van der Waals surface area contributed by atoms with Gasteiger partial charge in [0.2, 0.25) is 0 Å². The van der Waals surface area contributed by atoms with Crippen LogP contribution in [0.5, 0.6) is 0 Å². The smallest absolute Gasteiger partial charge is 0.260 e. The second-order valence-electron chi connectivity index (χ2n) is 6.50. The number of fused-ring (bicyclic) bond motifs is 3. The summed E-state index contributed by atoms with van der Waals surface area (Å²) in [5.41, 5.74) is 3.77. The van der Waals surface area contributed by atoms with Gasteiger partial charge in [-0.1, -0.05) is 91.1 Å². The first-order valence-corrected chi connectivity index (χ1v) is 9.00. The number of carbonyl (C=O) groups excluding carboxylic acids is 1. The van der Waals surface area contributed by atoms with Crippen LogP contribution in [0.25, 0.3) is 11.6 Å². The van der Waals surface area contributed by atoms with Gasteiger partial charge in [0, 0.05) is 5.56 Å². The molecule has 2 aromatic carbocycles. The monoisotopic (exact) mass is 353 g/mol. The van der Waals surface area contributed by atoms with Crippen molar-refractivity contribution in [3.05, 3.63) is 106 Å². The summed E-state index contributed by atoms with van der Waals surface area (Å²) in [6.45, 7) is 0. The quantitative estimate of drug-likeness (QED) is 0.735. The van der Waals surface area contributed by atoms with Crippen LogP contribution in [0.15, 0.2) is 84.5 Å². The normalized spacial score (nSPS) is 20.2. The molecule has 1 atom stereocenters. The van der Waals surface area contributed by atoms with Crippen molar-refractivity contribution in [1.29, 1.82) is 0 Å². The average molecular weight is 353 g/mol. The predicted molar refractivity (Wildman–Crippen MR) is 108 cm³/mol. The Balaban J connectivity index is 1.75. The summed E-state index contributed by atoms with van der Waals surface area (Å²) in [6.07, 6.45) is 12.4. The third kappa shape index (κ3) is 2.11. The maximum absolute atomic E-state index is 13.1. The second-order valence-corrected chi connectivity index (χ2v) is 6.89. The maximum Gasteiger partial charge on any atom is 0.260 e. The van der Waals surface area contributed by atoms with Crippen molar-refractivity contribution in [1.82, 2.24) is 4.90 Å². The zero-order valence-corrected chi connectivity index (χ0v) is 14.7. The summed E-state index contributed by atoms with van der Waals surface area (Å²) >= 11 is 5.69. The highest BCUT2D eigenvalue weighted by Gasteiger charge is 2.38. The molecule has 2 aromatic rings. The van der Waals surface area contributed by atoms with E-state index in [0.29, 0.717) is 10.6 Å². The highest BCUT2D eigenvalue weighted by Crippen LogP contribution is 2.33. The lowest BCUT2D eigenvalue weighted by Gasteiger charge is -2.30. The van der Waals surface area contributed by atoms with Gasteiger partial charge in [-0.25, -0.2) is 0 Å². The Hall–Kier alpha value is -3.04. The fraction of sp³-hybridized carbons (Fsp3) is 0.0435. The number of hydrogen-bond acceptors (Lipinski definition) is 2. The molecule has 0 N–H and O–H groups in total. The standard InChI is InChI=1S/C23H15NOS/c25-22-18-12-3-4-13-19(18)23(26)24(22)20-14-6-10-16-9-5-8-15-7-1-2-11-17(15)21(16)20/h1-14,20H. The van der Waals surface area contributed by atoms with Crippen LogP contribution in [0.1, 0.15) is 15.9 Å². The third-order valence-electron chi connectivity index (χ3n) is 5.08. The molecule has 1 aliphatic heterocycles. The topological polar surface area (TPSA) is 20.3 Å². The number of hydrogen-bond donors (Lipinski definition) is 0. The molecule has 0 fully saturated rings. The average Bonchev–Trinajstić information content (AvgIpc) is 2.82. The molecule has 0 radical (unpaired) electrons. The van der Waals surface area contributed by atoms with Gasteiger partial charge >= 0.3 is 0 Å². The van der Waals surface area contributed by atoms with Crippen LogP contribution in [0.3, 0.4) is 0 Å². The summed E-state index contributed by atoms with van der Waals surface area (Å²) in [5, 5.41) is 2.29. The molecule has 5 rings (SSSR count). The number of allylic oxidation sites excluding steroid dienone is 4. The summed E-state index contributed by atoms with van der Waals surface area (Å²) < 4.78 is 0. The Morgan fingerprint density at radius 2 is 1.65 bits per heavy atom. The Morgan fingerprint density at radius 1 is 0.885 bits per heavy atom. The summed E-state index contributed by atoms with van der Waals surface area (Å²) in [7, 11) is 0. The molecule has 0 spiro atoms. The lowest BCUT2D eigenvalue weighted by atomic mass is 9.90. The van der Waals surface area contributed by atoms with Crippen LogP contribution in [-0.4, -0.2) is 21.8 Å². The molecule has 2 nitrogen and oxygen atoms in total. The van der Waals surface area contributed by atoms with Crippen molar-refractivity contribution in [3.8, 4) is 0 Å². The van der Waals surface area contributed by atoms with E-state index in [2.05, 4.69) is 42.5 Å². The van der Waals surface area contributed by atoms with Gasteiger partial charge in [-0.3, -0.25) is 9.69 Å². The minimum absolute atomic E-state index is 0.0244. The van der Waals surface area contributed by atoms with E-state index < -0.39 is 0 Å². The molecule has 2 aliphatic carbocycles. The van der Waals surface area contributed by atoms with Gasteiger partial charge < -0.3 is 0 Å². The number of amides is 1.